The number of benzene rings is 2. The maximum absolute atomic E-state index is 12.3. The highest BCUT2D eigenvalue weighted by Gasteiger charge is 2.21. The summed E-state index contributed by atoms with van der Waals surface area (Å²) in [6.07, 6.45) is 1.08. The second-order valence-corrected chi connectivity index (χ2v) is 5.99. The smallest absolute Gasteiger partial charge is 0.253 e. The molecule has 0 unspecified atom stereocenters. The molecular formula is C20H24N2O2. The van der Waals surface area contributed by atoms with Gasteiger partial charge in [0.15, 0.2) is 0 Å². The fourth-order valence-electron chi connectivity index (χ4n) is 3.02. The Morgan fingerprint density at radius 2 is 1.83 bits per heavy atom. The summed E-state index contributed by atoms with van der Waals surface area (Å²) in [5.74, 6) is 1.07. The molecule has 24 heavy (non-hydrogen) atoms. The number of para-hydroxylation sites is 1. The standard InChI is InChI=1S/C20H24N2O2/c1-3-22(4-2)20(23)15-9-11-17(12-10-15)21-14-18-13-16-7-5-6-8-19(16)24-18/h5-12,18,21H,3-4,13-14H2,1-2H3/t18-/m0/s1. The second kappa shape index (κ2) is 7.39. The van der Waals surface area contributed by atoms with E-state index in [2.05, 4.69) is 11.4 Å². The summed E-state index contributed by atoms with van der Waals surface area (Å²) >= 11 is 0. The number of hydrogen-bond donors (Lipinski definition) is 1. The van der Waals surface area contributed by atoms with Crippen molar-refractivity contribution < 1.29 is 9.53 Å². The third-order valence-electron chi connectivity index (χ3n) is 4.43. The number of hydrogen-bond acceptors (Lipinski definition) is 3. The van der Waals surface area contributed by atoms with Crippen LogP contribution in [0.4, 0.5) is 5.69 Å². The van der Waals surface area contributed by atoms with Gasteiger partial charge in [-0.25, -0.2) is 0 Å². The van der Waals surface area contributed by atoms with Gasteiger partial charge in [0.1, 0.15) is 11.9 Å². The Bertz CT molecular complexity index is 668. The van der Waals surface area contributed by atoms with Crippen molar-refractivity contribution in [3.8, 4) is 5.75 Å². The first-order chi connectivity index (χ1) is 11.7. The molecule has 0 fully saturated rings. The Labute approximate surface area is 143 Å². The topological polar surface area (TPSA) is 41.6 Å². The van der Waals surface area contributed by atoms with E-state index >= 15 is 0 Å². The van der Waals surface area contributed by atoms with Gasteiger partial charge >= 0.3 is 0 Å². The molecule has 0 aliphatic carbocycles. The minimum Gasteiger partial charge on any atom is -0.488 e. The first-order valence-corrected chi connectivity index (χ1v) is 8.59. The highest BCUT2D eigenvalue weighted by molar-refractivity contribution is 5.94. The van der Waals surface area contributed by atoms with Crippen LogP contribution in [-0.4, -0.2) is 36.5 Å². The molecule has 0 saturated heterocycles. The number of carbonyl (C=O) groups is 1. The van der Waals surface area contributed by atoms with Gasteiger partial charge in [-0.2, -0.15) is 0 Å². The van der Waals surface area contributed by atoms with Crippen LogP contribution in [-0.2, 0) is 6.42 Å². The molecule has 0 saturated carbocycles. The molecule has 1 atom stereocenters. The van der Waals surface area contributed by atoms with E-state index < -0.39 is 0 Å². The first kappa shape index (κ1) is 16.4. The normalized spacial score (nSPS) is 15.5. The molecule has 1 N–H and O–H groups in total. The number of fused-ring (bicyclic) bond motifs is 1. The van der Waals surface area contributed by atoms with Crippen LogP contribution >= 0.6 is 0 Å². The van der Waals surface area contributed by atoms with Crippen molar-refractivity contribution in [2.24, 2.45) is 0 Å². The molecule has 0 spiro atoms. The van der Waals surface area contributed by atoms with Gasteiger partial charge < -0.3 is 15.0 Å². The van der Waals surface area contributed by atoms with E-state index in [1.807, 2.05) is 61.2 Å². The van der Waals surface area contributed by atoms with Crippen molar-refractivity contribution in [2.45, 2.75) is 26.4 Å². The highest BCUT2D eigenvalue weighted by atomic mass is 16.5. The third-order valence-corrected chi connectivity index (χ3v) is 4.43. The molecule has 1 aliphatic rings. The molecule has 1 heterocycles. The van der Waals surface area contributed by atoms with Crippen LogP contribution in [0.2, 0.25) is 0 Å². The van der Waals surface area contributed by atoms with Crippen molar-refractivity contribution in [2.75, 3.05) is 25.0 Å². The van der Waals surface area contributed by atoms with E-state index in [1.54, 1.807) is 0 Å². The van der Waals surface area contributed by atoms with Crippen LogP contribution in [0.15, 0.2) is 48.5 Å². The average molecular weight is 324 g/mol. The number of amides is 1. The first-order valence-electron chi connectivity index (χ1n) is 8.59. The summed E-state index contributed by atoms with van der Waals surface area (Å²) in [5, 5.41) is 3.39. The lowest BCUT2D eigenvalue weighted by atomic mass is 10.1. The number of rotatable bonds is 6. The molecule has 2 aromatic rings. The van der Waals surface area contributed by atoms with Gasteiger partial charge in [-0.05, 0) is 49.7 Å². The van der Waals surface area contributed by atoms with E-state index in [4.69, 9.17) is 4.74 Å². The van der Waals surface area contributed by atoms with Crippen LogP contribution in [0.3, 0.4) is 0 Å². The highest BCUT2D eigenvalue weighted by Crippen LogP contribution is 2.28. The van der Waals surface area contributed by atoms with Crippen LogP contribution < -0.4 is 10.1 Å². The van der Waals surface area contributed by atoms with E-state index in [9.17, 15) is 4.79 Å². The molecule has 3 rings (SSSR count). The van der Waals surface area contributed by atoms with Gasteiger partial charge in [0.05, 0.1) is 6.54 Å². The molecule has 1 amide bonds. The lowest BCUT2D eigenvalue weighted by molar-refractivity contribution is 0.0773. The molecule has 4 heteroatoms. The van der Waals surface area contributed by atoms with Crippen molar-refractivity contribution in [1.29, 1.82) is 0 Å². The van der Waals surface area contributed by atoms with Gasteiger partial charge in [-0.15, -0.1) is 0 Å². The summed E-state index contributed by atoms with van der Waals surface area (Å²) in [6.45, 7) is 6.20. The van der Waals surface area contributed by atoms with Crippen molar-refractivity contribution in [3.05, 3.63) is 59.7 Å². The van der Waals surface area contributed by atoms with Gasteiger partial charge in [0.2, 0.25) is 0 Å². The SMILES string of the molecule is CCN(CC)C(=O)c1ccc(NC[C@@H]2Cc3ccccc3O2)cc1. The fourth-order valence-corrected chi connectivity index (χ4v) is 3.02. The maximum atomic E-state index is 12.3. The molecule has 1 aliphatic heterocycles. The van der Waals surface area contributed by atoms with Crippen LogP contribution in [0.1, 0.15) is 29.8 Å². The average Bonchev–Trinajstić information content (AvgIpc) is 3.04. The Hall–Kier alpha value is -2.49. The molecular weight excluding hydrogens is 300 g/mol. The molecule has 2 aromatic carbocycles. The lowest BCUT2D eigenvalue weighted by Gasteiger charge is -2.19. The number of nitrogens with zero attached hydrogens (tertiary/aromatic N) is 1. The van der Waals surface area contributed by atoms with Crippen LogP contribution in [0, 0.1) is 0 Å². The zero-order valence-electron chi connectivity index (χ0n) is 14.3. The zero-order chi connectivity index (χ0) is 16.9. The number of nitrogens with one attached hydrogen (secondary N) is 1. The van der Waals surface area contributed by atoms with Gasteiger partial charge in [0.25, 0.3) is 5.91 Å². The minimum absolute atomic E-state index is 0.0844. The Morgan fingerprint density at radius 1 is 1.12 bits per heavy atom. The van der Waals surface area contributed by atoms with Gasteiger partial charge in [-0.1, -0.05) is 18.2 Å². The van der Waals surface area contributed by atoms with Crippen molar-refractivity contribution in [3.63, 3.8) is 0 Å². The summed E-state index contributed by atoms with van der Waals surface area (Å²) in [6, 6.07) is 15.9. The summed E-state index contributed by atoms with van der Waals surface area (Å²) in [5.41, 5.74) is 3.00. The number of carbonyl (C=O) groups excluding carboxylic acids is 1. The van der Waals surface area contributed by atoms with E-state index in [0.717, 1.165) is 43.1 Å². The monoisotopic (exact) mass is 324 g/mol. The largest absolute Gasteiger partial charge is 0.488 e. The molecule has 0 bridgehead atoms. The van der Waals surface area contributed by atoms with E-state index in [1.165, 1.54) is 5.56 Å². The van der Waals surface area contributed by atoms with Crippen LogP contribution in [0.5, 0.6) is 5.75 Å². The Balaban J connectivity index is 1.55. The third kappa shape index (κ3) is 3.53. The predicted octanol–water partition coefficient (Wildman–Crippen LogP) is 3.58. The van der Waals surface area contributed by atoms with Gasteiger partial charge in [0, 0.05) is 30.8 Å². The summed E-state index contributed by atoms with van der Waals surface area (Å²) in [4.78, 5) is 14.1. The molecule has 0 aromatic heterocycles. The molecule has 0 radical (unpaired) electrons. The summed E-state index contributed by atoms with van der Waals surface area (Å²) < 4.78 is 5.93. The predicted molar refractivity (Wildman–Crippen MR) is 96.7 cm³/mol. The fraction of sp³-hybridized carbons (Fsp3) is 0.350. The zero-order valence-corrected chi connectivity index (χ0v) is 14.3. The Kier molecular flexibility index (Phi) is 5.04. The Morgan fingerprint density at radius 3 is 2.50 bits per heavy atom. The quantitative estimate of drug-likeness (QED) is 0.883. The lowest BCUT2D eigenvalue weighted by Crippen LogP contribution is -2.30. The summed E-state index contributed by atoms with van der Waals surface area (Å²) in [7, 11) is 0. The number of ether oxygens (including phenoxy) is 1. The van der Waals surface area contributed by atoms with Crippen LogP contribution in [0.25, 0.3) is 0 Å². The van der Waals surface area contributed by atoms with Crippen molar-refractivity contribution in [1.82, 2.24) is 4.90 Å². The molecule has 4 nitrogen and oxygen atoms in total. The van der Waals surface area contributed by atoms with E-state index in [0.29, 0.717) is 0 Å². The van der Waals surface area contributed by atoms with Crippen molar-refractivity contribution >= 4 is 11.6 Å². The van der Waals surface area contributed by atoms with Gasteiger partial charge in [-0.3, -0.25) is 4.79 Å². The maximum Gasteiger partial charge on any atom is 0.253 e. The number of anilines is 1. The minimum atomic E-state index is 0.0844. The molecule has 126 valence electrons. The van der Waals surface area contributed by atoms with E-state index in [-0.39, 0.29) is 12.0 Å². The second-order valence-electron chi connectivity index (χ2n) is 5.99.